The summed E-state index contributed by atoms with van der Waals surface area (Å²) in [5.74, 6) is 1.95. The fourth-order valence-corrected chi connectivity index (χ4v) is 3.58. The van der Waals surface area contributed by atoms with Gasteiger partial charge in [-0.3, -0.25) is 4.79 Å². The molecule has 0 radical (unpaired) electrons. The topological polar surface area (TPSA) is 61.4 Å². The maximum Gasteiger partial charge on any atom is 0.317 e. The lowest BCUT2D eigenvalue weighted by Crippen LogP contribution is -2.49. The van der Waals surface area contributed by atoms with E-state index in [4.69, 9.17) is 0 Å². The number of nitrogens with one attached hydrogen (secondary N) is 2. The van der Waals surface area contributed by atoms with Gasteiger partial charge in [0, 0.05) is 42.7 Å². The molecule has 1 unspecified atom stereocenters. The highest BCUT2D eigenvalue weighted by molar-refractivity contribution is 7.99. The van der Waals surface area contributed by atoms with Crippen molar-refractivity contribution in [3.05, 3.63) is 35.4 Å². The number of carbonyl (C=O) groups is 2. The van der Waals surface area contributed by atoms with Crippen LogP contribution in [0.15, 0.2) is 24.3 Å². The molecule has 0 aromatic heterocycles. The van der Waals surface area contributed by atoms with Gasteiger partial charge in [-0.2, -0.15) is 11.8 Å². The number of thioether (sulfide) groups is 1. The minimum absolute atomic E-state index is 0.0100. The summed E-state index contributed by atoms with van der Waals surface area (Å²) >= 11 is 1.89. The summed E-state index contributed by atoms with van der Waals surface area (Å²) in [7, 11) is 0. The molecule has 0 aliphatic carbocycles. The molecule has 6 heteroatoms. The van der Waals surface area contributed by atoms with Crippen LogP contribution in [0.1, 0.15) is 42.6 Å². The Morgan fingerprint density at radius 1 is 1.25 bits per heavy atom. The molecule has 5 nitrogen and oxygen atoms in total. The zero-order valence-corrected chi connectivity index (χ0v) is 15.3. The van der Waals surface area contributed by atoms with Gasteiger partial charge >= 0.3 is 6.03 Å². The number of urea groups is 1. The highest BCUT2D eigenvalue weighted by Crippen LogP contribution is 2.16. The number of nitrogens with zero attached hydrogens (tertiary/aromatic N) is 1. The predicted octanol–water partition coefficient (Wildman–Crippen LogP) is 2.86. The first kappa shape index (κ1) is 18.6. The smallest absolute Gasteiger partial charge is 0.317 e. The van der Waals surface area contributed by atoms with Crippen molar-refractivity contribution in [1.82, 2.24) is 15.5 Å². The Labute approximate surface area is 148 Å². The van der Waals surface area contributed by atoms with Crippen LogP contribution in [-0.4, -0.2) is 47.5 Å². The van der Waals surface area contributed by atoms with E-state index in [0.717, 1.165) is 36.5 Å². The monoisotopic (exact) mass is 349 g/mol. The predicted molar refractivity (Wildman–Crippen MR) is 99.4 cm³/mol. The lowest BCUT2D eigenvalue weighted by molar-refractivity contribution is 0.0953. The van der Waals surface area contributed by atoms with E-state index in [9.17, 15) is 9.59 Å². The molecule has 132 valence electrons. The third-order valence-electron chi connectivity index (χ3n) is 4.10. The van der Waals surface area contributed by atoms with Crippen LogP contribution in [0.2, 0.25) is 0 Å². The summed E-state index contributed by atoms with van der Waals surface area (Å²) in [6.07, 6.45) is 2.05. The van der Waals surface area contributed by atoms with Gasteiger partial charge in [-0.05, 0) is 31.0 Å². The van der Waals surface area contributed by atoms with Crippen LogP contribution in [-0.2, 0) is 6.54 Å². The Morgan fingerprint density at radius 2 is 2.00 bits per heavy atom. The van der Waals surface area contributed by atoms with Crippen molar-refractivity contribution in [2.24, 2.45) is 0 Å². The third kappa shape index (κ3) is 5.44. The van der Waals surface area contributed by atoms with E-state index in [1.54, 1.807) is 0 Å². The molecule has 2 rings (SSSR count). The van der Waals surface area contributed by atoms with E-state index in [1.807, 2.05) is 40.9 Å². The largest absolute Gasteiger partial charge is 0.352 e. The van der Waals surface area contributed by atoms with E-state index < -0.39 is 0 Å². The van der Waals surface area contributed by atoms with Gasteiger partial charge in [-0.25, -0.2) is 4.79 Å². The second-order valence-electron chi connectivity index (χ2n) is 6.08. The summed E-state index contributed by atoms with van der Waals surface area (Å²) in [5.41, 5.74) is 1.65. The Morgan fingerprint density at radius 3 is 2.67 bits per heavy atom. The molecule has 1 heterocycles. The van der Waals surface area contributed by atoms with Crippen molar-refractivity contribution in [2.45, 2.75) is 39.3 Å². The first-order chi connectivity index (χ1) is 11.6. The van der Waals surface area contributed by atoms with Crippen molar-refractivity contribution < 1.29 is 9.59 Å². The van der Waals surface area contributed by atoms with Crippen LogP contribution in [0, 0.1) is 0 Å². The number of benzene rings is 1. The minimum atomic E-state index is -0.0429. The maximum absolute atomic E-state index is 12.2. The van der Waals surface area contributed by atoms with Crippen LogP contribution in [0.25, 0.3) is 0 Å². The second-order valence-corrected chi connectivity index (χ2v) is 7.23. The standard InChI is InChI=1S/C18H27N3O2S/c1-3-4-9-19-17(22)16-7-5-15(6-8-16)12-20-18(23)21-10-11-24-13-14(21)2/h5-8,14H,3-4,9-13H2,1-2H3,(H,19,22)(H,20,23). The number of hydrogen-bond donors (Lipinski definition) is 2. The molecule has 1 saturated heterocycles. The molecular weight excluding hydrogens is 322 g/mol. The van der Waals surface area contributed by atoms with Crippen molar-refractivity contribution >= 4 is 23.7 Å². The van der Waals surface area contributed by atoms with Crippen LogP contribution in [0.4, 0.5) is 4.79 Å². The van der Waals surface area contributed by atoms with Crippen molar-refractivity contribution in [1.29, 1.82) is 0 Å². The van der Waals surface area contributed by atoms with Crippen LogP contribution >= 0.6 is 11.8 Å². The number of unbranched alkanes of at least 4 members (excludes halogenated alkanes) is 1. The zero-order valence-electron chi connectivity index (χ0n) is 14.5. The van der Waals surface area contributed by atoms with E-state index in [-0.39, 0.29) is 18.0 Å². The van der Waals surface area contributed by atoms with Crippen LogP contribution < -0.4 is 10.6 Å². The van der Waals surface area contributed by atoms with Gasteiger partial charge in [-0.15, -0.1) is 0 Å². The highest BCUT2D eigenvalue weighted by atomic mass is 32.2. The first-order valence-corrected chi connectivity index (χ1v) is 9.76. The van der Waals surface area contributed by atoms with Gasteiger partial charge < -0.3 is 15.5 Å². The quantitative estimate of drug-likeness (QED) is 0.776. The molecule has 0 saturated carbocycles. The molecule has 1 aliphatic heterocycles. The molecule has 2 N–H and O–H groups in total. The van der Waals surface area contributed by atoms with Crippen molar-refractivity contribution in [3.8, 4) is 0 Å². The number of rotatable bonds is 6. The molecule has 24 heavy (non-hydrogen) atoms. The van der Waals surface area contributed by atoms with Gasteiger partial charge in [0.25, 0.3) is 5.91 Å². The molecule has 1 aromatic carbocycles. The number of carbonyl (C=O) groups excluding carboxylic acids is 2. The Kier molecular flexibility index (Phi) is 7.43. The third-order valence-corrected chi connectivity index (χ3v) is 5.29. The fraction of sp³-hybridized carbons (Fsp3) is 0.556. The summed E-state index contributed by atoms with van der Waals surface area (Å²) in [6, 6.07) is 7.67. The normalized spacial score (nSPS) is 17.4. The molecule has 1 fully saturated rings. The second kappa shape index (κ2) is 9.57. The lowest BCUT2D eigenvalue weighted by Gasteiger charge is -2.33. The van der Waals surface area contributed by atoms with Gasteiger partial charge in [0.1, 0.15) is 0 Å². The summed E-state index contributed by atoms with van der Waals surface area (Å²) in [4.78, 5) is 26.1. The van der Waals surface area contributed by atoms with Gasteiger partial charge in [-0.1, -0.05) is 25.5 Å². The zero-order chi connectivity index (χ0) is 17.4. The van der Waals surface area contributed by atoms with Crippen LogP contribution in [0.3, 0.4) is 0 Å². The first-order valence-electron chi connectivity index (χ1n) is 8.61. The maximum atomic E-state index is 12.2. The van der Waals surface area contributed by atoms with E-state index in [1.165, 1.54) is 0 Å². The lowest BCUT2D eigenvalue weighted by atomic mass is 10.1. The van der Waals surface area contributed by atoms with Gasteiger partial charge in [0.05, 0.1) is 0 Å². The number of amides is 3. The highest BCUT2D eigenvalue weighted by Gasteiger charge is 2.23. The molecule has 0 spiro atoms. The molecule has 1 aromatic rings. The Hall–Kier alpha value is -1.69. The molecular formula is C18H27N3O2S. The molecule has 0 bridgehead atoms. The minimum Gasteiger partial charge on any atom is -0.352 e. The summed E-state index contributed by atoms with van der Waals surface area (Å²) < 4.78 is 0. The van der Waals surface area contributed by atoms with Crippen LogP contribution in [0.5, 0.6) is 0 Å². The Bertz CT molecular complexity index is 548. The summed E-state index contributed by atoms with van der Waals surface area (Å²) in [6.45, 7) is 6.16. The van der Waals surface area contributed by atoms with E-state index >= 15 is 0 Å². The van der Waals surface area contributed by atoms with Crippen molar-refractivity contribution in [3.63, 3.8) is 0 Å². The average Bonchev–Trinajstić information content (AvgIpc) is 2.60. The van der Waals surface area contributed by atoms with E-state index in [2.05, 4.69) is 24.5 Å². The number of hydrogen-bond acceptors (Lipinski definition) is 3. The SMILES string of the molecule is CCCCNC(=O)c1ccc(CNC(=O)N2CCSCC2C)cc1. The molecule has 1 atom stereocenters. The van der Waals surface area contributed by atoms with Gasteiger partial charge in [0.2, 0.25) is 0 Å². The van der Waals surface area contributed by atoms with E-state index in [0.29, 0.717) is 18.7 Å². The average molecular weight is 350 g/mol. The molecule has 1 aliphatic rings. The molecule has 3 amide bonds. The fourth-order valence-electron chi connectivity index (χ4n) is 2.56. The van der Waals surface area contributed by atoms with Crippen molar-refractivity contribution in [2.75, 3.05) is 24.6 Å². The summed E-state index contributed by atoms with van der Waals surface area (Å²) in [5, 5.41) is 5.87. The Balaban J connectivity index is 1.81. The van der Waals surface area contributed by atoms with Gasteiger partial charge in [0.15, 0.2) is 0 Å².